The van der Waals surface area contributed by atoms with E-state index in [0.717, 1.165) is 15.7 Å². The van der Waals surface area contributed by atoms with E-state index in [2.05, 4.69) is 21.0 Å². The third kappa shape index (κ3) is 2.39. The van der Waals surface area contributed by atoms with Crippen LogP contribution in [0, 0.1) is 19.7 Å². The van der Waals surface area contributed by atoms with Crippen molar-refractivity contribution >= 4 is 22.0 Å². The van der Waals surface area contributed by atoms with Crippen LogP contribution in [0.25, 0.3) is 11.3 Å². The number of rotatable bonds is 1. The van der Waals surface area contributed by atoms with Crippen molar-refractivity contribution in [2.45, 2.75) is 26.9 Å². The van der Waals surface area contributed by atoms with Gasteiger partial charge in [-0.15, -0.1) is 0 Å². The standard InChI is InChI=1S/C15H15BrFN3O2/c1-8-5-10(6-9(2)13(8)17)14-12(16)11-7-19(15(21)22)3-4-20(11)18-14/h5-6H,3-4,7H2,1-2H3,(H,21,22). The van der Waals surface area contributed by atoms with Gasteiger partial charge in [-0.1, -0.05) is 0 Å². The summed E-state index contributed by atoms with van der Waals surface area (Å²) in [6.07, 6.45) is -0.936. The molecule has 7 heteroatoms. The molecule has 0 radical (unpaired) electrons. The highest BCUT2D eigenvalue weighted by Crippen LogP contribution is 2.34. The molecule has 1 aliphatic rings. The average Bonchev–Trinajstić information content (AvgIpc) is 2.81. The lowest BCUT2D eigenvalue weighted by atomic mass is 10.0. The van der Waals surface area contributed by atoms with E-state index in [-0.39, 0.29) is 5.82 Å². The molecule has 1 aromatic carbocycles. The second-order valence-electron chi connectivity index (χ2n) is 5.46. The number of nitrogens with zero attached hydrogens (tertiary/aromatic N) is 3. The number of carboxylic acid groups (broad SMARTS) is 1. The Labute approximate surface area is 135 Å². The third-order valence-corrected chi connectivity index (χ3v) is 4.73. The first-order chi connectivity index (χ1) is 10.4. The van der Waals surface area contributed by atoms with Crippen LogP contribution in [-0.4, -0.2) is 32.4 Å². The molecular formula is C15H15BrFN3O2. The van der Waals surface area contributed by atoms with E-state index in [1.807, 2.05) is 4.68 Å². The smallest absolute Gasteiger partial charge is 0.407 e. The van der Waals surface area contributed by atoms with Crippen molar-refractivity contribution in [2.24, 2.45) is 0 Å². The summed E-state index contributed by atoms with van der Waals surface area (Å²) in [6, 6.07) is 3.52. The van der Waals surface area contributed by atoms with Crippen LogP contribution in [0.5, 0.6) is 0 Å². The molecule has 0 atom stereocenters. The van der Waals surface area contributed by atoms with Gasteiger partial charge in [0, 0.05) is 12.1 Å². The number of hydrogen-bond donors (Lipinski definition) is 1. The highest BCUT2D eigenvalue weighted by atomic mass is 79.9. The fourth-order valence-electron chi connectivity index (χ4n) is 2.72. The van der Waals surface area contributed by atoms with Gasteiger partial charge in [0.05, 0.1) is 23.3 Å². The molecule has 0 saturated heterocycles. The molecule has 22 heavy (non-hydrogen) atoms. The van der Waals surface area contributed by atoms with Crippen LogP contribution in [0.3, 0.4) is 0 Å². The van der Waals surface area contributed by atoms with E-state index in [4.69, 9.17) is 5.11 Å². The third-order valence-electron chi connectivity index (χ3n) is 3.90. The Morgan fingerprint density at radius 1 is 1.32 bits per heavy atom. The van der Waals surface area contributed by atoms with Crippen molar-refractivity contribution in [2.75, 3.05) is 6.54 Å². The summed E-state index contributed by atoms with van der Waals surface area (Å²) in [4.78, 5) is 12.5. The van der Waals surface area contributed by atoms with Crippen molar-refractivity contribution in [3.8, 4) is 11.3 Å². The van der Waals surface area contributed by atoms with Crippen LogP contribution in [0.1, 0.15) is 16.8 Å². The zero-order valence-corrected chi connectivity index (χ0v) is 13.8. The van der Waals surface area contributed by atoms with Gasteiger partial charge in [-0.3, -0.25) is 4.68 Å². The molecule has 5 nitrogen and oxygen atoms in total. The van der Waals surface area contributed by atoms with Gasteiger partial charge in [-0.05, 0) is 53.0 Å². The second-order valence-corrected chi connectivity index (χ2v) is 6.25. The van der Waals surface area contributed by atoms with Crippen LogP contribution in [0.2, 0.25) is 0 Å². The molecule has 0 unspecified atom stereocenters. The fourth-order valence-corrected chi connectivity index (χ4v) is 3.35. The lowest BCUT2D eigenvalue weighted by molar-refractivity contribution is 0.131. The Bertz CT molecular complexity index is 749. The summed E-state index contributed by atoms with van der Waals surface area (Å²) in [6.45, 7) is 4.67. The predicted octanol–water partition coefficient (Wildman–Crippen LogP) is 3.56. The normalized spacial score (nSPS) is 14.1. The molecule has 0 fully saturated rings. The monoisotopic (exact) mass is 367 g/mol. The first-order valence-electron chi connectivity index (χ1n) is 6.88. The molecule has 1 amide bonds. The molecular weight excluding hydrogens is 353 g/mol. The van der Waals surface area contributed by atoms with Crippen molar-refractivity contribution in [3.05, 3.63) is 39.2 Å². The van der Waals surface area contributed by atoms with E-state index in [1.165, 1.54) is 4.90 Å². The SMILES string of the molecule is Cc1cc(-c2nn3c(c2Br)CN(C(=O)O)CC3)cc(C)c1F. The Balaban J connectivity index is 2.06. The minimum atomic E-state index is -0.936. The number of amides is 1. The van der Waals surface area contributed by atoms with Gasteiger partial charge >= 0.3 is 6.09 Å². The quantitative estimate of drug-likeness (QED) is 0.838. The lowest BCUT2D eigenvalue weighted by Crippen LogP contribution is -2.37. The maximum absolute atomic E-state index is 13.8. The number of benzene rings is 1. The average molecular weight is 368 g/mol. The second kappa shape index (κ2) is 5.39. The molecule has 0 bridgehead atoms. The lowest BCUT2D eigenvalue weighted by Gasteiger charge is -2.25. The first kappa shape index (κ1) is 15.0. The van der Waals surface area contributed by atoms with Crippen molar-refractivity contribution in [1.29, 1.82) is 0 Å². The Morgan fingerprint density at radius 2 is 1.95 bits per heavy atom. The number of carbonyl (C=O) groups is 1. The van der Waals surface area contributed by atoms with Gasteiger partial charge in [0.15, 0.2) is 0 Å². The highest BCUT2D eigenvalue weighted by molar-refractivity contribution is 9.10. The van der Waals surface area contributed by atoms with E-state index in [1.54, 1.807) is 26.0 Å². The van der Waals surface area contributed by atoms with Crippen LogP contribution < -0.4 is 0 Å². The van der Waals surface area contributed by atoms with Crippen LogP contribution in [0.4, 0.5) is 9.18 Å². The van der Waals surface area contributed by atoms with E-state index < -0.39 is 6.09 Å². The number of halogens is 2. The molecule has 3 rings (SSSR count). The van der Waals surface area contributed by atoms with E-state index in [0.29, 0.717) is 36.5 Å². The number of aromatic nitrogens is 2. The maximum Gasteiger partial charge on any atom is 0.407 e. The summed E-state index contributed by atoms with van der Waals surface area (Å²) < 4.78 is 16.4. The Morgan fingerprint density at radius 3 is 2.55 bits per heavy atom. The molecule has 2 aromatic rings. The van der Waals surface area contributed by atoms with Crippen molar-refractivity contribution < 1.29 is 14.3 Å². The molecule has 0 spiro atoms. The van der Waals surface area contributed by atoms with Gasteiger partial charge in [-0.2, -0.15) is 5.10 Å². The number of aryl methyl sites for hydroxylation is 2. The molecule has 1 aromatic heterocycles. The largest absolute Gasteiger partial charge is 0.465 e. The van der Waals surface area contributed by atoms with Crippen LogP contribution in [-0.2, 0) is 13.1 Å². The molecule has 0 aliphatic carbocycles. The first-order valence-corrected chi connectivity index (χ1v) is 7.68. The summed E-state index contributed by atoms with van der Waals surface area (Å²) >= 11 is 3.52. The van der Waals surface area contributed by atoms with Gasteiger partial charge in [-0.25, -0.2) is 9.18 Å². The van der Waals surface area contributed by atoms with Gasteiger partial charge in [0.25, 0.3) is 0 Å². The van der Waals surface area contributed by atoms with Gasteiger partial charge in [0.2, 0.25) is 0 Å². The molecule has 1 N–H and O–H groups in total. The zero-order chi connectivity index (χ0) is 16.0. The number of fused-ring (bicyclic) bond motifs is 1. The van der Waals surface area contributed by atoms with Crippen LogP contribution >= 0.6 is 15.9 Å². The fraction of sp³-hybridized carbons (Fsp3) is 0.333. The van der Waals surface area contributed by atoms with E-state index in [9.17, 15) is 9.18 Å². The molecule has 1 aliphatic heterocycles. The minimum Gasteiger partial charge on any atom is -0.465 e. The molecule has 116 valence electrons. The van der Waals surface area contributed by atoms with Crippen LogP contribution in [0.15, 0.2) is 16.6 Å². The topological polar surface area (TPSA) is 58.4 Å². The van der Waals surface area contributed by atoms with Crippen molar-refractivity contribution in [1.82, 2.24) is 14.7 Å². The maximum atomic E-state index is 13.8. The highest BCUT2D eigenvalue weighted by Gasteiger charge is 2.26. The zero-order valence-electron chi connectivity index (χ0n) is 12.2. The van der Waals surface area contributed by atoms with E-state index >= 15 is 0 Å². The van der Waals surface area contributed by atoms with Gasteiger partial charge < -0.3 is 10.0 Å². The Hall–Kier alpha value is -1.89. The Kier molecular flexibility index (Phi) is 3.68. The summed E-state index contributed by atoms with van der Waals surface area (Å²) in [7, 11) is 0. The van der Waals surface area contributed by atoms with Crippen molar-refractivity contribution in [3.63, 3.8) is 0 Å². The minimum absolute atomic E-state index is 0.208. The number of hydrogen-bond acceptors (Lipinski definition) is 2. The molecule has 0 saturated carbocycles. The summed E-state index contributed by atoms with van der Waals surface area (Å²) in [5, 5.41) is 13.7. The summed E-state index contributed by atoms with van der Waals surface area (Å²) in [5.74, 6) is -0.208. The predicted molar refractivity (Wildman–Crippen MR) is 83.2 cm³/mol. The summed E-state index contributed by atoms with van der Waals surface area (Å²) in [5.41, 5.74) is 3.50. The molecule has 2 heterocycles. The van der Waals surface area contributed by atoms with Gasteiger partial charge in [0.1, 0.15) is 11.5 Å².